The monoisotopic (exact) mass is 253 g/mol. The van der Waals surface area contributed by atoms with E-state index in [-0.39, 0.29) is 16.7 Å². The molecule has 1 fully saturated rings. The summed E-state index contributed by atoms with van der Waals surface area (Å²) in [6.45, 7) is 7.67. The molecule has 2 rings (SSSR count). The van der Waals surface area contributed by atoms with Gasteiger partial charge in [-0.2, -0.15) is 5.10 Å². The lowest BCUT2D eigenvalue weighted by atomic mass is 10.1. The highest BCUT2D eigenvalue weighted by atomic mass is 16.6. The van der Waals surface area contributed by atoms with Gasteiger partial charge < -0.3 is 10.6 Å². The number of nitrogens with zero attached hydrogens (tertiary/aromatic N) is 4. The van der Waals surface area contributed by atoms with Crippen molar-refractivity contribution in [3.8, 4) is 0 Å². The second-order valence-electron chi connectivity index (χ2n) is 4.88. The van der Waals surface area contributed by atoms with Crippen LogP contribution in [0.25, 0.3) is 0 Å². The van der Waals surface area contributed by atoms with Crippen molar-refractivity contribution in [2.24, 2.45) is 11.7 Å². The largest absolute Gasteiger partial charge is 0.349 e. The zero-order valence-electron chi connectivity index (χ0n) is 11.0. The van der Waals surface area contributed by atoms with Gasteiger partial charge in [0.1, 0.15) is 5.69 Å². The van der Waals surface area contributed by atoms with Crippen LogP contribution in [0.15, 0.2) is 0 Å². The van der Waals surface area contributed by atoms with Gasteiger partial charge in [-0.15, -0.1) is 0 Å². The molecule has 1 aromatic rings. The maximum absolute atomic E-state index is 11.2. The summed E-state index contributed by atoms with van der Waals surface area (Å²) in [7, 11) is 0. The van der Waals surface area contributed by atoms with Crippen LogP contribution in [0.1, 0.15) is 19.5 Å². The average molecular weight is 253 g/mol. The summed E-state index contributed by atoms with van der Waals surface area (Å²) in [5, 5.41) is 15.4. The Labute approximate surface area is 106 Å². The van der Waals surface area contributed by atoms with E-state index in [1.54, 1.807) is 11.6 Å². The van der Waals surface area contributed by atoms with E-state index in [9.17, 15) is 10.1 Å². The van der Waals surface area contributed by atoms with Crippen molar-refractivity contribution in [2.75, 3.05) is 18.0 Å². The quantitative estimate of drug-likeness (QED) is 0.638. The lowest BCUT2D eigenvalue weighted by Crippen LogP contribution is -2.29. The first kappa shape index (κ1) is 12.8. The summed E-state index contributed by atoms with van der Waals surface area (Å²) < 4.78 is 1.69. The molecule has 1 aliphatic heterocycles. The minimum absolute atomic E-state index is 0.0603. The van der Waals surface area contributed by atoms with Gasteiger partial charge in [0.05, 0.1) is 4.92 Å². The Morgan fingerprint density at radius 3 is 2.67 bits per heavy atom. The maximum atomic E-state index is 11.2. The highest BCUT2D eigenvalue weighted by Gasteiger charge is 2.35. The number of anilines is 1. The number of nitrogens with two attached hydrogens (primary N) is 1. The molecule has 18 heavy (non-hydrogen) atoms. The Kier molecular flexibility index (Phi) is 3.25. The molecule has 7 nitrogen and oxygen atoms in total. The topological polar surface area (TPSA) is 90.2 Å². The van der Waals surface area contributed by atoms with Gasteiger partial charge in [-0.25, -0.2) is 4.68 Å². The van der Waals surface area contributed by atoms with Crippen LogP contribution < -0.4 is 10.6 Å². The first-order valence-electron chi connectivity index (χ1n) is 6.18. The third-order valence-corrected chi connectivity index (χ3v) is 3.52. The van der Waals surface area contributed by atoms with Gasteiger partial charge in [-0.1, -0.05) is 6.92 Å². The molecule has 2 heterocycles. The Balaban J connectivity index is 2.45. The highest BCUT2D eigenvalue weighted by Crippen LogP contribution is 2.34. The first-order chi connectivity index (χ1) is 8.45. The van der Waals surface area contributed by atoms with Crippen LogP contribution in [-0.2, 0) is 6.54 Å². The summed E-state index contributed by atoms with van der Waals surface area (Å²) >= 11 is 0. The summed E-state index contributed by atoms with van der Waals surface area (Å²) in [6, 6.07) is 0.0603. The molecule has 2 N–H and O–H groups in total. The van der Waals surface area contributed by atoms with E-state index >= 15 is 0 Å². The number of nitro groups is 1. The van der Waals surface area contributed by atoms with Gasteiger partial charge in [0.2, 0.25) is 5.82 Å². The molecular weight excluding hydrogens is 234 g/mol. The van der Waals surface area contributed by atoms with E-state index < -0.39 is 0 Å². The van der Waals surface area contributed by atoms with Crippen molar-refractivity contribution in [3.05, 3.63) is 15.8 Å². The van der Waals surface area contributed by atoms with Crippen molar-refractivity contribution in [2.45, 2.75) is 33.4 Å². The normalized spacial score (nSPS) is 23.7. The van der Waals surface area contributed by atoms with Crippen LogP contribution in [-0.4, -0.2) is 33.8 Å². The van der Waals surface area contributed by atoms with Crippen molar-refractivity contribution < 1.29 is 4.92 Å². The molecule has 0 spiro atoms. The zero-order chi connectivity index (χ0) is 13.4. The first-order valence-corrected chi connectivity index (χ1v) is 6.18. The van der Waals surface area contributed by atoms with E-state index in [2.05, 4.69) is 12.0 Å². The van der Waals surface area contributed by atoms with Gasteiger partial charge in [-0.3, -0.25) is 10.1 Å². The zero-order valence-corrected chi connectivity index (χ0v) is 11.0. The second kappa shape index (κ2) is 4.56. The van der Waals surface area contributed by atoms with Crippen LogP contribution in [0.3, 0.4) is 0 Å². The van der Waals surface area contributed by atoms with Gasteiger partial charge in [0.25, 0.3) is 0 Å². The van der Waals surface area contributed by atoms with Gasteiger partial charge in [0.15, 0.2) is 0 Å². The van der Waals surface area contributed by atoms with E-state index in [4.69, 9.17) is 5.73 Å². The molecule has 2 unspecified atom stereocenters. The van der Waals surface area contributed by atoms with Gasteiger partial charge in [0, 0.05) is 25.7 Å². The van der Waals surface area contributed by atoms with E-state index in [1.165, 1.54) is 0 Å². The minimum atomic E-state index is -0.349. The third kappa shape index (κ3) is 1.94. The minimum Gasteiger partial charge on any atom is -0.349 e. The lowest BCUT2D eigenvalue weighted by Gasteiger charge is -2.18. The highest BCUT2D eigenvalue weighted by molar-refractivity contribution is 5.62. The predicted octanol–water partition coefficient (Wildman–Crippen LogP) is 0.903. The Hall–Kier alpha value is -1.63. The van der Waals surface area contributed by atoms with E-state index in [0.29, 0.717) is 30.5 Å². The molecule has 0 bridgehead atoms. The second-order valence-corrected chi connectivity index (χ2v) is 4.88. The summed E-state index contributed by atoms with van der Waals surface area (Å²) in [6.07, 6.45) is 0. The fourth-order valence-corrected chi connectivity index (χ4v) is 2.47. The van der Waals surface area contributed by atoms with E-state index in [0.717, 1.165) is 6.54 Å². The number of hydrogen-bond donors (Lipinski definition) is 1. The van der Waals surface area contributed by atoms with E-state index in [1.807, 2.05) is 11.8 Å². The molecule has 2 atom stereocenters. The number of aromatic nitrogens is 2. The molecule has 0 saturated carbocycles. The van der Waals surface area contributed by atoms with Crippen LogP contribution in [0.2, 0.25) is 0 Å². The molecule has 0 aromatic carbocycles. The van der Waals surface area contributed by atoms with Crippen LogP contribution >= 0.6 is 0 Å². The van der Waals surface area contributed by atoms with Crippen LogP contribution in [0.5, 0.6) is 0 Å². The summed E-state index contributed by atoms with van der Waals surface area (Å²) in [5.74, 6) is 0.935. The fourth-order valence-electron chi connectivity index (χ4n) is 2.47. The molecule has 0 aliphatic carbocycles. The van der Waals surface area contributed by atoms with Crippen LogP contribution in [0, 0.1) is 23.0 Å². The molecule has 0 radical (unpaired) electrons. The van der Waals surface area contributed by atoms with Crippen LogP contribution in [0.4, 0.5) is 11.5 Å². The number of hydrogen-bond acceptors (Lipinski definition) is 5. The number of aryl methyl sites for hydroxylation is 2. The Bertz CT molecular complexity index is 460. The Morgan fingerprint density at radius 2 is 2.22 bits per heavy atom. The third-order valence-electron chi connectivity index (χ3n) is 3.52. The summed E-state index contributed by atoms with van der Waals surface area (Å²) in [5.41, 5.74) is 6.56. The van der Waals surface area contributed by atoms with Crippen molar-refractivity contribution >= 4 is 11.5 Å². The van der Waals surface area contributed by atoms with Crippen molar-refractivity contribution in [1.82, 2.24) is 9.78 Å². The summed E-state index contributed by atoms with van der Waals surface area (Å²) in [4.78, 5) is 12.8. The predicted molar refractivity (Wildman–Crippen MR) is 68.6 cm³/mol. The maximum Gasteiger partial charge on any atom is 0.333 e. The van der Waals surface area contributed by atoms with Gasteiger partial charge in [-0.05, 0) is 19.8 Å². The molecule has 7 heteroatoms. The lowest BCUT2D eigenvalue weighted by molar-refractivity contribution is -0.384. The van der Waals surface area contributed by atoms with Gasteiger partial charge >= 0.3 is 5.69 Å². The number of rotatable bonds is 3. The molecule has 0 amide bonds. The molecule has 100 valence electrons. The average Bonchev–Trinajstić information content (AvgIpc) is 2.79. The SMILES string of the molecule is CCn1nc(C)c([N+](=O)[O-])c1N1CC(C)C(N)C1. The molecule has 1 aromatic heterocycles. The van der Waals surface area contributed by atoms with Crippen molar-refractivity contribution in [3.63, 3.8) is 0 Å². The standard InChI is InChI=1S/C11H19N5O2/c1-4-15-11(10(16(17)18)8(3)13-15)14-5-7(2)9(12)6-14/h7,9H,4-6,12H2,1-3H3. The fraction of sp³-hybridized carbons (Fsp3) is 0.727. The molecule has 1 aliphatic rings. The molecule has 1 saturated heterocycles. The van der Waals surface area contributed by atoms with Crippen molar-refractivity contribution in [1.29, 1.82) is 0 Å². The Morgan fingerprint density at radius 1 is 1.56 bits per heavy atom. The molecular formula is C11H19N5O2. The smallest absolute Gasteiger partial charge is 0.333 e.